The minimum atomic E-state index is -3.42. The molecule has 6 nitrogen and oxygen atoms in total. The Labute approximate surface area is 134 Å². The summed E-state index contributed by atoms with van der Waals surface area (Å²) in [5.41, 5.74) is 1.57. The van der Waals surface area contributed by atoms with Gasteiger partial charge >= 0.3 is 0 Å². The number of rotatable bonds is 6. The predicted octanol–water partition coefficient (Wildman–Crippen LogP) is 2.20. The zero-order valence-corrected chi connectivity index (χ0v) is 14.3. The molecule has 1 aromatic heterocycles. The molecule has 1 aromatic carbocycles. The van der Waals surface area contributed by atoms with Crippen LogP contribution in [0.15, 0.2) is 34.5 Å². The van der Waals surface area contributed by atoms with Gasteiger partial charge < -0.3 is 10.4 Å². The summed E-state index contributed by atoms with van der Waals surface area (Å²) in [5, 5.41) is 14.9. The number of hydrogen-bond acceptors (Lipinski definition) is 6. The minimum absolute atomic E-state index is 0.247. The van der Waals surface area contributed by atoms with E-state index in [0.29, 0.717) is 11.6 Å². The van der Waals surface area contributed by atoms with E-state index < -0.39 is 16.3 Å². The van der Waals surface area contributed by atoms with Crippen molar-refractivity contribution in [3.8, 4) is 11.3 Å². The molecule has 2 N–H and O–H groups in total. The van der Waals surface area contributed by atoms with E-state index in [-0.39, 0.29) is 4.90 Å². The molecule has 2 rings (SSSR count). The molecule has 1 atom stereocenters. The fourth-order valence-electron chi connectivity index (χ4n) is 1.73. The van der Waals surface area contributed by atoms with Crippen LogP contribution < -0.4 is 5.32 Å². The molecular formula is C14H19N3O3S2. The van der Waals surface area contributed by atoms with E-state index in [1.54, 1.807) is 24.3 Å². The number of aliphatic hydroxyl groups excluding tert-OH is 1. The number of hydrogen-bond donors (Lipinski definition) is 2. The number of anilines is 1. The van der Waals surface area contributed by atoms with Crippen LogP contribution in [0.25, 0.3) is 11.3 Å². The van der Waals surface area contributed by atoms with Gasteiger partial charge in [0.1, 0.15) is 6.23 Å². The predicted molar refractivity (Wildman–Crippen MR) is 88.3 cm³/mol. The lowest BCUT2D eigenvalue weighted by Gasteiger charge is -2.11. The first-order valence-corrected chi connectivity index (χ1v) is 9.09. The van der Waals surface area contributed by atoms with Gasteiger partial charge in [0.05, 0.1) is 10.6 Å². The lowest BCUT2D eigenvalue weighted by Crippen LogP contribution is -2.22. The second-order valence-corrected chi connectivity index (χ2v) is 7.93. The zero-order valence-electron chi connectivity index (χ0n) is 12.6. The molecule has 0 saturated carbocycles. The van der Waals surface area contributed by atoms with Gasteiger partial charge in [0.25, 0.3) is 0 Å². The van der Waals surface area contributed by atoms with E-state index in [0.717, 1.165) is 11.3 Å². The number of nitrogens with one attached hydrogen (secondary N) is 1. The number of thiazole rings is 1. The van der Waals surface area contributed by atoms with Gasteiger partial charge in [-0.1, -0.05) is 19.1 Å². The first-order chi connectivity index (χ1) is 10.3. The maximum Gasteiger partial charge on any atom is 0.242 e. The largest absolute Gasteiger partial charge is 0.374 e. The van der Waals surface area contributed by atoms with Gasteiger partial charge in [0.2, 0.25) is 10.0 Å². The fraction of sp³-hybridized carbons (Fsp3) is 0.357. The van der Waals surface area contributed by atoms with Crippen LogP contribution in [0.2, 0.25) is 0 Å². The van der Waals surface area contributed by atoms with Crippen LogP contribution in [-0.2, 0) is 10.0 Å². The molecule has 0 aliphatic carbocycles. The second-order valence-electron chi connectivity index (χ2n) is 4.92. The summed E-state index contributed by atoms with van der Waals surface area (Å²) in [7, 11) is -0.418. The molecule has 0 spiro atoms. The van der Waals surface area contributed by atoms with Gasteiger partial charge in [-0.3, -0.25) is 0 Å². The van der Waals surface area contributed by atoms with Gasteiger partial charge in [-0.25, -0.2) is 17.7 Å². The summed E-state index contributed by atoms with van der Waals surface area (Å²) in [6.07, 6.45) is -0.0296. The molecule has 8 heteroatoms. The van der Waals surface area contributed by atoms with Crippen LogP contribution in [0, 0.1) is 0 Å². The van der Waals surface area contributed by atoms with Crippen molar-refractivity contribution < 1.29 is 13.5 Å². The molecule has 0 aliphatic heterocycles. The Morgan fingerprint density at radius 3 is 2.50 bits per heavy atom. The SMILES string of the molecule is CCC(O)Nc1nc(-c2ccc(S(=O)(=O)N(C)C)cc2)cs1. The normalized spacial score (nSPS) is 13.3. The van der Waals surface area contributed by atoms with Crippen LogP contribution in [0.3, 0.4) is 0 Å². The Bertz CT molecular complexity index is 724. The third-order valence-electron chi connectivity index (χ3n) is 3.11. The number of aliphatic hydroxyl groups is 1. The highest BCUT2D eigenvalue weighted by Gasteiger charge is 2.17. The van der Waals surface area contributed by atoms with Crippen molar-refractivity contribution in [2.45, 2.75) is 24.5 Å². The maximum absolute atomic E-state index is 12.0. The van der Waals surface area contributed by atoms with Crippen molar-refractivity contribution in [2.75, 3.05) is 19.4 Å². The summed E-state index contributed by atoms with van der Waals surface area (Å²) >= 11 is 1.39. The fourth-order valence-corrected chi connectivity index (χ4v) is 3.39. The van der Waals surface area contributed by atoms with Gasteiger partial charge in [-0.2, -0.15) is 0 Å². The summed E-state index contributed by atoms with van der Waals surface area (Å²) in [6, 6.07) is 6.59. The van der Waals surface area contributed by atoms with Crippen LogP contribution in [0.5, 0.6) is 0 Å². The second kappa shape index (κ2) is 6.74. The molecule has 0 aliphatic rings. The van der Waals surface area contributed by atoms with Crippen LogP contribution in [0.4, 0.5) is 5.13 Å². The molecule has 0 bridgehead atoms. The number of nitrogens with zero attached hydrogens (tertiary/aromatic N) is 2. The first kappa shape index (κ1) is 16.9. The Kier molecular flexibility index (Phi) is 5.17. The van der Waals surface area contributed by atoms with E-state index >= 15 is 0 Å². The van der Waals surface area contributed by atoms with Crippen molar-refractivity contribution in [1.82, 2.24) is 9.29 Å². The molecule has 0 radical (unpaired) electrons. The highest BCUT2D eigenvalue weighted by atomic mass is 32.2. The number of benzene rings is 1. The standard InChI is InChI=1S/C14H19N3O3S2/c1-4-13(18)16-14-15-12(9-21-14)10-5-7-11(8-6-10)22(19,20)17(2)3/h5-9,13,18H,4H2,1-3H3,(H,15,16). The Morgan fingerprint density at radius 1 is 1.32 bits per heavy atom. The van der Waals surface area contributed by atoms with E-state index in [9.17, 15) is 13.5 Å². The van der Waals surface area contributed by atoms with E-state index in [2.05, 4.69) is 10.3 Å². The van der Waals surface area contributed by atoms with Crippen molar-refractivity contribution >= 4 is 26.5 Å². The van der Waals surface area contributed by atoms with E-state index in [1.807, 2.05) is 12.3 Å². The summed E-state index contributed by atoms with van der Waals surface area (Å²) in [6.45, 7) is 1.87. The topological polar surface area (TPSA) is 82.5 Å². The average molecular weight is 341 g/mol. The maximum atomic E-state index is 12.0. The summed E-state index contributed by atoms with van der Waals surface area (Å²) in [5.74, 6) is 0. The van der Waals surface area contributed by atoms with Crippen molar-refractivity contribution in [3.63, 3.8) is 0 Å². The molecule has 0 amide bonds. The molecule has 1 unspecified atom stereocenters. The lowest BCUT2D eigenvalue weighted by atomic mass is 10.2. The molecule has 2 aromatic rings. The van der Waals surface area contributed by atoms with Crippen molar-refractivity contribution in [3.05, 3.63) is 29.6 Å². The number of aromatic nitrogens is 1. The van der Waals surface area contributed by atoms with Crippen LogP contribution in [-0.4, -0.2) is 43.1 Å². The van der Waals surface area contributed by atoms with Crippen LogP contribution in [0.1, 0.15) is 13.3 Å². The third-order valence-corrected chi connectivity index (χ3v) is 5.71. The van der Waals surface area contributed by atoms with Crippen LogP contribution >= 0.6 is 11.3 Å². The Morgan fingerprint density at radius 2 is 1.95 bits per heavy atom. The minimum Gasteiger partial charge on any atom is -0.374 e. The van der Waals surface area contributed by atoms with Gasteiger partial charge in [-0.05, 0) is 18.6 Å². The van der Waals surface area contributed by atoms with E-state index in [1.165, 1.54) is 29.7 Å². The van der Waals surface area contributed by atoms with Crippen molar-refractivity contribution in [2.24, 2.45) is 0 Å². The monoisotopic (exact) mass is 341 g/mol. The molecule has 120 valence electrons. The molecule has 22 heavy (non-hydrogen) atoms. The summed E-state index contributed by atoms with van der Waals surface area (Å²) < 4.78 is 25.2. The highest BCUT2D eigenvalue weighted by molar-refractivity contribution is 7.89. The Balaban J connectivity index is 2.21. The van der Waals surface area contributed by atoms with Gasteiger partial charge in [-0.15, -0.1) is 11.3 Å². The molecular weight excluding hydrogens is 322 g/mol. The lowest BCUT2D eigenvalue weighted by molar-refractivity contribution is 0.199. The Hall–Kier alpha value is -1.48. The zero-order chi connectivity index (χ0) is 16.3. The highest BCUT2D eigenvalue weighted by Crippen LogP contribution is 2.26. The number of sulfonamides is 1. The molecule has 0 fully saturated rings. The van der Waals surface area contributed by atoms with Gasteiger partial charge in [0, 0.05) is 25.0 Å². The van der Waals surface area contributed by atoms with E-state index in [4.69, 9.17) is 0 Å². The quantitative estimate of drug-likeness (QED) is 0.787. The average Bonchev–Trinajstić information content (AvgIpc) is 2.95. The van der Waals surface area contributed by atoms with Crippen molar-refractivity contribution in [1.29, 1.82) is 0 Å². The third kappa shape index (κ3) is 3.64. The van der Waals surface area contributed by atoms with Gasteiger partial charge in [0.15, 0.2) is 5.13 Å². The summed E-state index contributed by atoms with van der Waals surface area (Å²) in [4.78, 5) is 4.63. The molecule has 0 saturated heterocycles. The molecule has 1 heterocycles. The first-order valence-electron chi connectivity index (χ1n) is 6.77. The smallest absolute Gasteiger partial charge is 0.242 e.